The molecule has 1 aromatic carbocycles. The minimum Gasteiger partial charge on any atom is -0.483 e. The lowest BCUT2D eigenvalue weighted by atomic mass is 10.1. The van der Waals surface area contributed by atoms with Crippen LogP contribution < -0.4 is 10.5 Å². The molecule has 0 unspecified atom stereocenters. The topological polar surface area (TPSA) is 83.0 Å². The molecule has 1 heterocycles. The maximum atomic E-state index is 10.9. The van der Waals surface area contributed by atoms with Gasteiger partial charge in [-0.3, -0.25) is 4.79 Å². The van der Waals surface area contributed by atoms with Crippen LogP contribution in [0.4, 0.5) is 0 Å². The van der Waals surface area contributed by atoms with Crippen molar-refractivity contribution in [3.05, 3.63) is 35.2 Å². The standard InChI is InChI=1S/C16H22N4O2S/c1-5-20-15(18-19-16(20)23-9-14(17)21)12(4)22-13-7-6-10(2)11(3)8-13/h6-8,12H,5,9H2,1-4H3,(H2,17,21)/t12-/m0/s1. The number of aromatic nitrogens is 3. The van der Waals surface area contributed by atoms with Crippen LogP contribution in [0.5, 0.6) is 5.75 Å². The second-order valence-electron chi connectivity index (χ2n) is 5.35. The number of rotatable bonds is 7. The third-order valence-corrected chi connectivity index (χ3v) is 4.55. The van der Waals surface area contributed by atoms with E-state index < -0.39 is 0 Å². The zero-order chi connectivity index (χ0) is 17.0. The van der Waals surface area contributed by atoms with Crippen LogP contribution in [0.15, 0.2) is 23.4 Å². The molecule has 0 bridgehead atoms. The quantitative estimate of drug-likeness (QED) is 0.787. The molecule has 1 atom stereocenters. The fourth-order valence-electron chi connectivity index (χ4n) is 2.18. The van der Waals surface area contributed by atoms with E-state index in [1.807, 2.05) is 36.6 Å². The fourth-order valence-corrected chi connectivity index (χ4v) is 2.93. The van der Waals surface area contributed by atoms with Gasteiger partial charge in [-0.25, -0.2) is 0 Å². The van der Waals surface area contributed by atoms with E-state index >= 15 is 0 Å². The number of aryl methyl sites for hydroxylation is 2. The molecule has 0 spiro atoms. The van der Waals surface area contributed by atoms with Crippen LogP contribution >= 0.6 is 11.8 Å². The molecular formula is C16H22N4O2S. The van der Waals surface area contributed by atoms with Gasteiger partial charge in [-0.1, -0.05) is 17.8 Å². The molecule has 0 aliphatic carbocycles. The molecule has 124 valence electrons. The maximum absolute atomic E-state index is 10.9. The highest BCUT2D eigenvalue weighted by molar-refractivity contribution is 7.99. The van der Waals surface area contributed by atoms with Crippen molar-refractivity contribution in [3.8, 4) is 5.75 Å². The highest BCUT2D eigenvalue weighted by Gasteiger charge is 2.19. The Hall–Kier alpha value is -2.02. The van der Waals surface area contributed by atoms with Crippen molar-refractivity contribution >= 4 is 17.7 Å². The van der Waals surface area contributed by atoms with E-state index in [-0.39, 0.29) is 17.8 Å². The minimum atomic E-state index is -0.373. The Morgan fingerprint density at radius 1 is 1.35 bits per heavy atom. The molecule has 6 nitrogen and oxygen atoms in total. The Morgan fingerprint density at radius 3 is 2.70 bits per heavy atom. The van der Waals surface area contributed by atoms with Crippen molar-refractivity contribution in [2.75, 3.05) is 5.75 Å². The van der Waals surface area contributed by atoms with Crippen LogP contribution in [-0.2, 0) is 11.3 Å². The molecular weight excluding hydrogens is 312 g/mol. The second-order valence-corrected chi connectivity index (χ2v) is 6.29. The minimum absolute atomic E-state index is 0.185. The molecule has 0 saturated carbocycles. The lowest BCUT2D eigenvalue weighted by Crippen LogP contribution is -2.15. The smallest absolute Gasteiger partial charge is 0.227 e. The number of nitrogens with two attached hydrogens (primary N) is 1. The van der Waals surface area contributed by atoms with E-state index in [2.05, 4.69) is 24.0 Å². The molecule has 0 aliphatic heterocycles. The summed E-state index contributed by atoms with van der Waals surface area (Å²) in [6, 6.07) is 6.01. The first-order valence-corrected chi connectivity index (χ1v) is 8.49. The number of nitrogens with zero attached hydrogens (tertiary/aromatic N) is 3. The first kappa shape index (κ1) is 17.3. The van der Waals surface area contributed by atoms with Crippen LogP contribution in [0.1, 0.15) is 36.9 Å². The predicted molar refractivity (Wildman–Crippen MR) is 90.6 cm³/mol. The summed E-state index contributed by atoms with van der Waals surface area (Å²) in [6.45, 7) is 8.76. The van der Waals surface area contributed by atoms with Crippen molar-refractivity contribution in [1.29, 1.82) is 0 Å². The number of hydrogen-bond acceptors (Lipinski definition) is 5. The average Bonchev–Trinajstić information content (AvgIpc) is 2.91. The summed E-state index contributed by atoms with van der Waals surface area (Å²) in [5.74, 6) is 1.35. The average molecular weight is 334 g/mol. The fraction of sp³-hybridized carbons (Fsp3) is 0.438. The monoisotopic (exact) mass is 334 g/mol. The molecule has 2 aromatic rings. The van der Waals surface area contributed by atoms with Crippen molar-refractivity contribution < 1.29 is 9.53 Å². The third-order valence-electron chi connectivity index (χ3n) is 3.56. The van der Waals surface area contributed by atoms with Crippen LogP contribution in [0.25, 0.3) is 0 Å². The summed E-state index contributed by atoms with van der Waals surface area (Å²) in [7, 11) is 0. The van der Waals surface area contributed by atoms with Gasteiger partial charge in [-0.15, -0.1) is 10.2 Å². The van der Waals surface area contributed by atoms with Crippen LogP contribution in [0, 0.1) is 13.8 Å². The molecule has 1 aromatic heterocycles. The SMILES string of the molecule is CCn1c(SCC(N)=O)nnc1[C@H](C)Oc1ccc(C)c(C)c1. The van der Waals surface area contributed by atoms with Gasteiger partial charge in [0, 0.05) is 6.54 Å². The van der Waals surface area contributed by atoms with Gasteiger partial charge in [0.15, 0.2) is 17.1 Å². The van der Waals surface area contributed by atoms with Gasteiger partial charge in [0.2, 0.25) is 5.91 Å². The molecule has 7 heteroatoms. The van der Waals surface area contributed by atoms with Crippen LogP contribution in [0.3, 0.4) is 0 Å². The van der Waals surface area contributed by atoms with Gasteiger partial charge < -0.3 is 15.0 Å². The Kier molecular flexibility index (Phi) is 5.65. The Bertz CT molecular complexity index is 699. The van der Waals surface area contributed by atoms with Gasteiger partial charge in [-0.2, -0.15) is 0 Å². The zero-order valence-electron chi connectivity index (χ0n) is 13.9. The van der Waals surface area contributed by atoms with Gasteiger partial charge in [-0.05, 0) is 51.0 Å². The van der Waals surface area contributed by atoms with E-state index in [9.17, 15) is 4.79 Å². The highest BCUT2D eigenvalue weighted by atomic mass is 32.2. The summed E-state index contributed by atoms with van der Waals surface area (Å²) >= 11 is 1.29. The van der Waals surface area contributed by atoms with Crippen molar-refractivity contribution in [2.45, 2.75) is 45.5 Å². The number of amides is 1. The van der Waals surface area contributed by atoms with E-state index in [0.29, 0.717) is 11.7 Å². The zero-order valence-corrected chi connectivity index (χ0v) is 14.7. The third kappa shape index (κ3) is 4.25. The molecule has 0 fully saturated rings. The number of carbonyl (C=O) groups is 1. The van der Waals surface area contributed by atoms with Gasteiger partial charge in [0.25, 0.3) is 0 Å². The molecule has 0 saturated heterocycles. The van der Waals surface area contributed by atoms with E-state index in [1.165, 1.54) is 22.9 Å². The lowest BCUT2D eigenvalue weighted by Gasteiger charge is -2.16. The maximum Gasteiger partial charge on any atom is 0.227 e. The normalized spacial score (nSPS) is 12.2. The van der Waals surface area contributed by atoms with E-state index in [0.717, 1.165) is 11.6 Å². The summed E-state index contributed by atoms with van der Waals surface area (Å²) in [5.41, 5.74) is 7.60. The summed E-state index contributed by atoms with van der Waals surface area (Å²) in [5, 5.41) is 9.04. The van der Waals surface area contributed by atoms with Crippen molar-refractivity contribution in [3.63, 3.8) is 0 Å². The van der Waals surface area contributed by atoms with Gasteiger partial charge in [0.05, 0.1) is 5.75 Å². The largest absolute Gasteiger partial charge is 0.483 e. The Balaban J connectivity index is 2.16. The van der Waals surface area contributed by atoms with E-state index in [1.54, 1.807) is 0 Å². The first-order valence-electron chi connectivity index (χ1n) is 7.50. The van der Waals surface area contributed by atoms with Crippen molar-refractivity contribution in [1.82, 2.24) is 14.8 Å². The van der Waals surface area contributed by atoms with E-state index in [4.69, 9.17) is 10.5 Å². The molecule has 0 aliphatic rings. The number of thioether (sulfide) groups is 1. The molecule has 1 amide bonds. The molecule has 23 heavy (non-hydrogen) atoms. The van der Waals surface area contributed by atoms with Crippen LogP contribution in [0.2, 0.25) is 0 Å². The van der Waals surface area contributed by atoms with Crippen LogP contribution in [-0.4, -0.2) is 26.4 Å². The van der Waals surface area contributed by atoms with Gasteiger partial charge in [0.1, 0.15) is 5.75 Å². The van der Waals surface area contributed by atoms with Gasteiger partial charge >= 0.3 is 0 Å². The summed E-state index contributed by atoms with van der Waals surface area (Å²) in [4.78, 5) is 10.9. The molecule has 2 N–H and O–H groups in total. The number of primary amides is 1. The first-order chi connectivity index (χ1) is 10.9. The molecule has 2 rings (SSSR count). The number of hydrogen-bond donors (Lipinski definition) is 1. The number of carbonyl (C=O) groups excluding carboxylic acids is 1. The number of ether oxygens (including phenoxy) is 1. The second kappa shape index (κ2) is 7.50. The lowest BCUT2D eigenvalue weighted by molar-refractivity contribution is -0.115. The Morgan fingerprint density at radius 2 is 2.09 bits per heavy atom. The summed E-state index contributed by atoms with van der Waals surface area (Å²) < 4.78 is 7.94. The highest BCUT2D eigenvalue weighted by Crippen LogP contribution is 2.25. The number of benzene rings is 1. The van der Waals surface area contributed by atoms with Crippen molar-refractivity contribution in [2.24, 2.45) is 5.73 Å². The predicted octanol–water partition coefficient (Wildman–Crippen LogP) is 2.63. The molecule has 0 radical (unpaired) electrons. The summed E-state index contributed by atoms with van der Waals surface area (Å²) in [6.07, 6.45) is -0.243. The Labute approximate surface area is 140 Å².